The van der Waals surface area contributed by atoms with Gasteiger partial charge in [0.2, 0.25) is 17.6 Å². The standard InChI is InChI=1S/C23H33N3O5/c1-29-17-13-16(14-18(30-2)20(17)31-3)15-19(27)26-11-9-23(10-12-26)24-21(28)22(25-23)7-5-4-6-8-22/h13-14,25H,4-12,15H2,1-3H3,(H,24,28). The second kappa shape index (κ2) is 8.57. The van der Waals surface area contributed by atoms with Crippen LogP contribution in [0.2, 0.25) is 0 Å². The van der Waals surface area contributed by atoms with Crippen molar-refractivity contribution < 1.29 is 23.8 Å². The van der Waals surface area contributed by atoms with E-state index in [0.29, 0.717) is 30.3 Å². The SMILES string of the molecule is COc1cc(CC(=O)N2CCC3(CC2)NC(=O)C2(CCCCC2)N3)cc(OC)c1OC. The van der Waals surface area contributed by atoms with Crippen LogP contribution >= 0.6 is 0 Å². The number of carbonyl (C=O) groups excluding carboxylic acids is 2. The maximum absolute atomic E-state index is 13.0. The van der Waals surface area contributed by atoms with Crippen LogP contribution in [-0.2, 0) is 16.0 Å². The normalized spacial score (nSPS) is 21.8. The van der Waals surface area contributed by atoms with Gasteiger partial charge in [0.25, 0.3) is 0 Å². The number of hydrogen-bond acceptors (Lipinski definition) is 6. The van der Waals surface area contributed by atoms with Crippen LogP contribution < -0.4 is 24.8 Å². The van der Waals surface area contributed by atoms with Crippen LogP contribution in [0.15, 0.2) is 12.1 Å². The summed E-state index contributed by atoms with van der Waals surface area (Å²) in [7, 11) is 4.69. The monoisotopic (exact) mass is 431 g/mol. The van der Waals surface area contributed by atoms with Gasteiger partial charge in [-0.1, -0.05) is 19.3 Å². The van der Waals surface area contributed by atoms with Crippen LogP contribution in [0.5, 0.6) is 17.2 Å². The number of benzene rings is 1. The van der Waals surface area contributed by atoms with Crippen molar-refractivity contribution in [2.75, 3.05) is 34.4 Å². The Bertz CT molecular complexity index is 817. The zero-order chi connectivity index (χ0) is 22.1. The van der Waals surface area contributed by atoms with Crippen LogP contribution in [0.4, 0.5) is 0 Å². The van der Waals surface area contributed by atoms with E-state index >= 15 is 0 Å². The van der Waals surface area contributed by atoms with Crippen LogP contribution in [0, 0.1) is 0 Å². The molecule has 3 aliphatic rings. The third-order valence-corrected chi connectivity index (χ3v) is 7.02. The van der Waals surface area contributed by atoms with Crippen molar-refractivity contribution in [3.63, 3.8) is 0 Å². The van der Waals surface area contributed by atoms with Gasteiger partial charge < -0.3 is 24.4 Å². The number of nitrogens with zero attached hydrogens (tertiary/aromatic N) is 1. The zero-order valence-electron chi connectivity index (χ0n) is 18.7. The Hall–Kier alpha value is -2.48. The Morgan fingerprint density at radius 1 is 0.968 bits per heavy atom. The highest BCUT2D eigenvalue weighted by Crippen LogP contribution is 2.39. The highest BCUT2D eigenvalue weighted by atomic mass is 16.5. The van der Waals surface area contributed by atoms with Gasteiger partial charge in [-0.25, -0.2) is 0 Å². The molecular formula is C23H33N3O5. The zero-order valence-corrected chi connectivity index (χ0v) is 18.7. The molecule has 0 atom stereocenters. The molecule has 2 saturated heterocycles. The molecule has 8 nitrogen and oxygen atoms in total. The van der Waals surface area contributed by atoms with Crippen molar-refractivity contribution in [1.29, 1.82) is 0 Å². The van der Waals surface area contributed by atoms with Gasteiger partial charge in [-0.3, -0.25) is 14.9 Å². The van der Waals surface area contributed by atoms with Gasteiger partial charge in [-0.05, 0) is 30.5 Å². The molecular weight excluding hydrogens is 398 g/mol. The van der Waals surface area contributed by atoms with Gasteiger partial charge in [0, 0.05) is 25.9 Å². The predicted octanol–water partition coefficient (Wildman–Crippen LogP) is 2.00. The predicted molar refractivity (Wildman–Crippen MR) is 115 cm³/mol. The molecule has 1 aliphatic carbocycles. The molecule has 2 heterocycles. The van der Waals surface area contributed by atoms with E-state index in [4.69, 9.17) is 14.2 Å². The summed E-state index contributed by atoms with van der Waals surface area (Å²) in [6, 6.07) is 3.63. The summed E-state index contributed by atoms with van der Waals surface area (Å²) in [5.41, 5.74) is 0.0338. The Balaban J connectivity index is 1.40. The first-order chi connectivity index (χ1) is 14.9. The largest absolute Gasteiger partial charge is 0.493 e. The van der Waals surface area contributed by atoms with E-state index in [0.717, 1.165) is 44.1 Å². The van der Waals surface area contributed by atoms with Crippen molar-refractivity contribution >= 4 is 11.8 Å². The molecule has 2 aliphatic heterocycles. The fourth-order valence-electron chi connectivity index (χ4n) is 5.30. The van der Waals surface area contributed by atoms with Crippen molar-refractivity contribution in [3.05, 3.63) is 17.7 Å². The van der Waals surface area contributed by atoms with Gasteiger partial charge in [-0.15, -0.1) is 0 Å². The lowest BCUT2D eigenvalue weighted by Crippen LogP contribution is -2.60. The van der Waals surface area contributed by atoms with Crippen molar-refractivity contribution in [1.82, 2.24) is 15.5 Å². The summed E-state index contributed by atoms with van der Waals surface area (Å²) in [4.78, 5) is 27.6. The molecule has 3 fully saturated rings. The molecule has 2 N–H and O–H groups in total. The Labute approximate surface area is 183 Å². The summed E-state index contributed by atoms with van der Waals surface area (Å²) in [5.74, 6) is 1.79. The Kier molecular flexibility index (Phi) is 6.01. The van der Waals surface area contributed by atoms with Gasteiger partial charge >= 0.3 is 0 Å². The van der Waals surface area contributed by atoms with Gasteiger partial charge in [0.05, 0.1) is 39.0 Å². The van der Waals surface area contributed by atoms with Crippen LogP contribution in [0.1, 0.15) is 50.5 Å². The first kappa shape index (κ1) is 21.7. The number of likely N-dealkylation sites (tertiary alicyclic amines) is 1. The van der Waals surface area contributed by atoms with E-state index in [1.807, 2.05) is 17.0 Å². The minimum Gasteiger partial charge on any atom is -0.493 e. The average Bonchev–Trinajstić information content (AvgIpc) is 3.03. The molecule has 31 heavy (non-hydrogen) atoms. The second-order valence-electron chi connectivity index (χ2n) is 8.90. The molecule has 0 bridgehead atoms. The number of piperidine rings is 1. The topological polar surface area (TPSA) is 89.1 Å². The Morgan fingerprint density at radius 2 is 1.58 bits per heavy atom. The van der Waals surface area contributed by atoms with Crippen LogP contribution in [0.25, 0.3) is 0 Å². The van der Waals surface area contributed by atoms with E-state index in [-0.39, 0.29) is 23.9 Å². The molecule has 1 aromatic rings. The first-order valence-corrected chi connectivity index (χ1v) is 11.1. The molecule has 1 aromatic carbocycles. The fraction of sp³-hybridized carbons (Fsp3) is 0.652. The quantitative estimate of drug-likeness (QED) is 0.741. The minimum atomic E-state index is -0.402. The van der Waals surface area contributed by atoms with E-state index in [1.54, 1.807) is 21.3 Å². The average molecular weight is 432 g/mol. The molecule has 8 heteroatoms. The molecule has 0 radical (unpaired) electrons. The fourth-order valence-corrected chi connectivity index (χ4v) is 5.30. The number of hydrogen-bond donors (Lipinski definition) is 2. The highest BCUT2D eigenvalue weighted by molar-refractivity contribution is 5.89. The van der Waals surface area contributed by atoms with Gasteiger partial charge in [0.15, 0.2) is 11.5 Å². The highest BCUT2D eigenvalue weighted by Gasteiger charge is 2.54. The van der Waals surface area contributed by atoms with Crippen LogP contribution in [0.3, 0.4) is 0 Å². The number of ether oxygens (including phenoxy) is 3. The number of amides is 2. The molecule has 0 unspecified atom stereocenters. The van der Waals surface area contributed by atoms with Gasteiger partial charge in [0.1, 0.15) is 0 Å². The lowest BCUT2D eigenvalue weighted by atomic mass is 9.81. The van der Waals surface area contributed by atoms with Crippen LogP contribution in [-0.4, -0.2) is 62.3 Å². The van der Waals surface area contributed by atoms with Crippen molar-refractivity contribution in [2.24, 2.45) is 0 Å². The molecule has 2 amide bonds. The lowest BCUT2D eigenvalue weighted by Gasteiger charge is -2.41. The third-order valence-electron chi connectivity index (χ3n) is 7.02. The van der Waals surface area contributed by atoms with Crippen molar-refractivity contribution in [2.45, 2.75) is 62.6 Å². The maximum atomic E-state index is 13.0. The number of nitrogens with one attached hydrogen (secondary N) is 2. The molecule has 2 spiro atoms. The van der Waals surface area contributed by atoms with E-state index in [1.165, 1.54) is 6.42 Å². The molecule has 170 valence electrons. The summed E-state index contributed by atoms with van der Waals surface area (Å²) in [6.07, 6.45) is 6.91. The molecule has 4 rings (SSSR count). The number of methoxy groups -OCH3 is 3. The minimum absolute atomic E-state index is 0.0563. The number of rotatable bonds is 5. The first-order valence-electron chi connectivity index (χ1n) is 11.1. The van der Waals surface area contributed by atoms with Crippen molar-refractivity contribution in [3.8, 4) is 17.2 Å². The molecule has 1 saturated carbocycles. The van der Waals surface area contributed by atoms with Gasteiger partial charge in [-0.2, -0.15) is 0 Å². The second-order valence-corrected chi connectivity index (χ2v) is 8.90. The van der Waals surface area contributed by atoms with E-state index < -0.39 is 5.54 Å². The summed E-state index contributed by atoms with van der Waals surface area (Å²) >= 11 is 0. The lowest BCUT2D eigenvalue weighted by molar-refractivity contribution is -0.132. The summed E-state index contributed by atoms with van der Waals surface area (Å²) in [6.45, 7) is 1.24. The smallest absolute Gasteiger partial charge is 0.241 e. The third kappa shape index (κ3) is 4.05. The summed E-state index contributed by atoms with van der Waals surface area (Å²) in [5, 5.41) is 6.92. The van der Waals surface area contributed by atoms with E-state index in [2.05, 4.69) is 10.6 Å². The maximum Gasteiger partial charge on any atom is 0.241 e. The summed E-state index contributed by atoms with van der Waals surface area (Å²) < 4.78 is 16.1. The van der Waals surface area contributed by atoms with E-state index in [9.17, 15) is 9.59 Å². The Morgan fingerprint density at radius 3 is 2.13 bits per heavy atom. The number of carbonyl (C=O) groups is 2. The molecule has 0 aromatic heterocycles.